The summed E-state index contributed by atoms with van der Waals surface area (Å²) in [6.45, 7) is 0. The molecule has 0 unspecified atom stereocenters. The molecule has 1 aliphatic carbocycles. The van der Waals surface area contributed by atoms with E-state index in [0.717, 1.165) is 22.7 Å². The number of ketones is 1. The van der Waals surface area contributed by atoms with E-state index >= 15 is 0 Å². The van der Waals surface area contributed by atoms with Gasteiger partial charge in [0.15, 0.2) is 10.1 Å². The van der Waals surface area contributed by atoms with Crippen LogP contribution in [0.1, 0.15) is 34.3 Å². The van der Waals surface area contributed by atoms with Crippen molar-refractivity contribution in [3.8, 4) is 0 Å². The van der Waals surface area contributed by atoms with Gasteiger partial charge in [0.25, 0.3) is 0 Å². The van der Waals surface area contributed by atoms with E-state index < -0.39 is 0 Å². The standard InChI is InChI=1S/C14H14N2OS2/c17-13(8-18-14-16-15-9-19-14)12-6-5-10-3-1-2-4-11(10)7-12/h5-7,9H,1-4,8H2. The first-order valence-electron chi connectivity index (χ1n) is 6.37. The second-order valence-electron chi connectivity index (χ2n) is 4.61. The molecule has 2 aromatic rings. The smallest absolute Gasteiger partial charge is 0.174 e. The Morgan fingerprint density at radius 2 is 2.11 bits per heavy atom. The summed E-state index contributed by atoms with van der Waals surface area (Å²) < 4.78 is 0.853. The van der Waals surface area contributed by atoms with Gasteiger partial charge in [-0.15, -0.1) is 10.2 Å². The first-order valence-corrected chi connectivity index (χ1v) is 8.23. The molecule has 1 aromatic heterocycles. The number of Topliss-reactive ketones (excluding diaryl/α,β-unsaturated/α-hetero) is 1. The Hall–Kier alpha value is -1.20. The highest BCUT2D eigenvalue weighted by atomic mass is 32.2. The zero-order chi connectivity index (χ0) is 13.1. The summed E-state index contributed by atoms with van der Waals surface area (Å²) in [6.07, 6.45) is 4.78. The fraction of sp³-hybridized carbons (Fsp3) is 0.357. The molecule has 1 aromatic carbocycles. The summed E-state index contributed by atoms with van der Waals surface area (Å²) in [6, 6.07) is 6.17. The second-order valence-corrected chi connectivity index (χ2v) is 6.66. The lowest BCUT2D eigenvalue weighted by Crippen LogP contribution is -2.07. The maximum Gasteiger partial charge on any atom is 0.174 e. The molecule has 0 aliphatic heterocycles. The van der Waals surface area contributed by atoms with E-state index in [1.165, 1.54) is 47.1 Å². The van der Waals surface area contributed by atoms with Crippen LogP contribution >= 0.6 is 23.1 Å². The van der Waals surface area contributed by atoms with Gasteiger partial charge in [-0.25, -0.2) is 0 Å². The van der Waals surface area contributed by atoms with Gasteiger partial charge < -0.3 is 0 Å². The normalized spacial score (nSPS) is 14.1. The highest BCUT2D eigenvalue weighted by Crippen LogP contribution is 2.24. The number of fused-ring (bicyclic) bond motifs is 1. The van der Waals surface area contributed by atoms with Crippen LogP contribution in [0.15, 0.2) is 28.0 Å². The molecule has 0 saturated heterocycles. The van der Waals surface area contributed by atoms with Crippen LogP contribution in [0, 0.1) is 0 Å². The van der Waals surface area contributed by atoms with E-state index in [9.17, 15) is 4.79 Å². The topological polar surface area (TPSA) is 42.9 Å². The maximum atomic E-state index is 12.2. The van der Waals surface area contributed by atoms with Gasteiger partial charge in [0, 0.05) is 5.56 Å². The first-order chi connectivity index (χ1) is 9.33. The Kier molecular flexibility index (Phi) is 3.94. The Balaban J connectivity index is 1.69. The van der Waals surface area contributed by atoms with Crippen molar-refractivity contribution in [1.82, 2.24) is 10.2 Å². The van der Waals surface area contributed by atoms with E-state index in [4.69, 9.17) is 0 Å². The summed E-state index contributed by atoms with van der Waals surface area (Å²) in [5.74, 6) is 0.613. The molecule has 0 atom stereocenters. The largest absolute Gasteiger partial charge is 0.293 e. The van der Waals surface area contributed by atoms with E-state index in [2.05, 4.69) is 22.3 Å². The van der Waals surface area contributed by atoms with Gasteiger partial charge in [-0.2, -0.15) is 0 Å². The Morgan fingerprint density at radius 3 is 2.89 bits per heavy atom. The summed E-state index contributed by atoms with van der Waals surface area (Å²) >= 11 is 2.93. The number of aryl methyl sites for hydroxylation is 2. The average Bonchev–Trinajstić information content (AvgIpc) is 2.97. The van der Waals surface area contributed by atoms with Crippen molar-refractivity contribution in [2.24, 2.45) is 0 Å². The lowest BCUT2D eigenvalue weighted by Gasteiger charge is -2.16. The molecule has 0 saturated carbocycles. The van der Waals surface area contributed by atoms with Crippen LogP contribution in [0.4, 0.5) is 0 Å². The predicted molar refractivity (Wildman–Crippen MR) is 78.0 cm³/mol. The van der Waals surface area contributed by atoms with Crippen molar-refractivity contribution in [1.29, 1.82) is 0 Å². The molecule has 0 N–H and O–H groups in total. The fourth-order valence-electron chi connectivity index (χ4n) is 2.34. The minimum atomic E-state index is 0.175. The summed E-state index contributed by atoms with van der Waals surface area (Å²) in [7, 11) is 0. The van der Waals surface area contributed by atoms with Crippen LogP contribution in [-0.4, -0.2) is 21.7 Å². The zero-order valence-electron chi connectivity index (χ0n) is 10.5. The van der Waals surface area contributed by atoms with Crippen molar-refractivity contribution in [2.45, 2.75) is 30.0 Å². The van der Waals surface area contributed by atoms with Gasteiger partial charge in [0.2, 0.25) is 0 Å². The predicted octanol–water partition coefficient (Wildman–Crippen LogP) is 3.39. The zero-order valence-corrected chi connectivity index (χ0v) is 12.1. The van der Waals surface area contributed by atoms with E-state index in [-0.39, 0.29) is 5.78 Å². The SMILES string of the molecule is O=C(CSc1nncs1)c1ccc2c(c1)CCCC2. The number of rotatable bonds is 4. The Bertz CT molecular complexity index is 581. The molecular weight excluding hydrogens is 276 g/mol. The van der Waals surface area contributed by atoms with E-state index in [1.807, 2.05) is 6.07 Å². The molecule has 98 valence electrons. The number of thioether (sulfide) groups is 1. The number of aromatic nitrogens is 2. The molecule has 0 bridgehead atoms. The fourth-order valence-corrected chi connectivity index (χ4v) is 3.73. The van der Waals surface area contributed by atoms with Crippen molar-refractivity contribution >= 4 is 28.9 Å². The number of benzene rings is 1. The number of hydrogen-bond donors (Lipinski definition) is 0. The third kappa shape index (κ3) is 3.04. The average molecular weight is 290 g/mol. The molecule has 0 amide bonds. The van der Waals surface area contributed by atoms with Gasteiger partial charge in [0.1, 0.15) is 5.51 Å². The van der Waals surface area contributed by atoms with Gasteiger partial charge in [-0.1, -0.05) is 35.2 Å². The number of nitrogens with zero attached hydrogens (tertiary/aromatic N) is 2. The minimum absolute atomic E-state index is 0.175. The van der Waals surface area contributed by atoms with Gasteiger partial charge in [0.05, 0.1) is 5.75 Å². The van der Waals surface area contributed by atoms with Crippen molar-refractivity contribution in [3.63, 3.8) is 0 Å². The highest BCUT2D eigenvalue weighted by Gasteiger charge is 2.13. The van der Waals surface area contributed by atoms with Gasteiger partial charge in [-0.3, -0.25) is 4.79 Å². The molecule has 0 spiro atoms. The number of carbonyl (C=O) groups excluding carboxylic acids is 1. The van der Waals surface area contributed by atoms with Gasteiger partial charge >= 0.3 is 0 Å². The molecule has 0 radical (unpaired) electrons. The van der Waals surface area contributed by atoms with E-state index in [1.54, 1.807) is 5.51 Å². The quantitative estimate of drug-likeness (QED) is 0.639. The third-order valence-corrected chi connectivity index (χ3v) is 5.20. The van der Waals surface area contributed by atoms with Crippen LogP contribution in [0.2, 0.25) is 0 Å². The lowest BCUT2D eigenvalue weighted by molar-refractivity contribution is 0.102. The third-order valence-electron chi connectivity index (χ3n) is 3.34. The van der Waals surface area contributed by atoms with Crippen molar-refractivity contribution in [2.75, 3.05) is 5.75 Å². The van der Waals surface area contributed by atoms with Crippen LogP contribution < -0.4 is 0 Å². The summed E-state index contributed by atoms with van der Waals surface area (Å²) in [5, 5.41) is 7.70. The molecule has 19 heavy (non-hydrogen) atoms. The summed E-state index contributed by atoms with van der Waals surface area (Å²) in [5.41, 5.74) is 5.29. The molecule has 1 heterocycles. The van der Waals surface area contributed by atoms with Gasteiger partial charge in [-0.05, 0) is 42.9 Å². The summed E-state index contributed by atoms with van der Waals surface area (Å²) in [4.78, 5) is 12.2. The highest BCUT2D eigenvalue weighted by molar-refractivity contribution is 8.01. The second kappa shape index (κ2) is 5.84. The van der Waals surface area contributed by atoms with Crippen LogP contribution in [-0.2, 0) is 12.8 Å². The lowest BCUT2D eigenvalue weighted by atomic mass is 9.90. The molecule has 1 aliphatic rings. The number of hydrogen-bond acceptors (Lipinski definition) is 5. The molecule has 5 heteroatoms. The van der Waals surface area contributed by atoms with Crippen molar-refractivity contribution in [3.05, 3.63) is 40.4 Å². The molecule has 3 rings (SSSR count). The molecular formula is C14H14N2OS2. The monoisotopic (exact) mass is 290 g/mol. The van der Waals surface area contributed by atoms with Crippen molar-refractivity contribution < 1.29 is 4.79 Å². The van der Waals surface area contributed by atoms with E-state index in [0.29, 0.717) is 5.75 Å². The van der Waals surface area contributed by atoms with Crippen LogP contribution in [0.5, 0.6) is 0 Å². The Labute approximate surface area is 120 Å². The first kappa shape index (κ1) is 12.8. The Morgan fingerprint density at radius 1 is 1.26 bits per heavy atom. The molecule has 0 fully saturated rings. The maximum absolute atomic E-state index is 12.2. The number of carbonyl (C=O) groups is 1. The van der Waals surface area contributed by atoms with Crippen LogP contribution in [0.3, 0.4) is 0 Å². The van der Waals surface area contributed by atoms with Crippen LogP contribution in [0.25, 0.3) is 0 Å². The minimum Gasteiger partial charge on any atom is -0.293 e. The molecule has 3 nitrogen and oxygen atoms in total.